The molecule has 0 radical (unpaired) electrons. The van der Waals surface area contributed by atoms with E-state index < -0.39 is 12.2 Å². The highest BCUT2D eigenvalue weighted by Gasteiger charge is 2.11. The van der Waals surface area contributed by atoms with E-state index >= 15 is 0 Å². The molecule has 0 spiro atoms. The first-order valence-corrected chi connectivity index (χ1v) is 9.10. The smallest absolute Gasteiger partial charge is 0.122 e. The second kappa shape index (κ2) is 10.5. The highest BCUT2D eigenvalue weighted by molar-refractivity contribution is 6.18. The summed E-state index contributed by atoms with van der Waals surface area (Å²) in [6, 6.07) is 15.3. The zero-order chi connectivity index (χ0) is 18.1. The summed E-state index contributed by atoms with van der Waals surface area (Å²) < 4.78 is 11.4. The lowest BCUT2D eigenvalue weighted by Crippen LogP contribution is -2.19. The maximum atomic E-state index is 9.58. The third-order valence-electron chi connectivity index (χ3n) is 3.54. The van der Waals surface area contributed by atoms with Gasteiger partial charge in [-0.15, -0.1) is 23.2 Å². The molecule has 4 nitrogen and oxygen atoms in total. The quantitative estimate of drug-likeness (QED) is 0.617. The first kappa shape index (κ1) is 19.9. The summed E-state index contributed by atoms with van der Waals surface area (Å²) >= 11 is 11.2. The van der Waals surface area contributed by atoms with Gasteiger partial charge in [0.25, 0.3) is 0 Å². The van der Waals surface area contributed by atoms with Crippen LogP contribution in [-0.2, 0) is 6.42 Å². The highest BCUT2D eigenvalue weighted by Crippen LogP contribution is 2.26. The molecule has 0 aliphatic heterocycles. The van der Waals surface area contributed by atoms with Crippen molar-refractivity contribution in [1.82, 2.24) is 0 Å². The Morgan fingerprint density at radius 3 is 1.52 bits per heavy atom. The molecule has 0 heterocycles. The Labute approximate surface area is 157 Å². The number of para-hydroxylation sites is 2. The second-order valence-electron chi connectivity index (χ2n) is 5.63. The van der Waals surface area contributed by atoms with Gasteiger partial charge in [0.1, 0.15) is 36.9 Å². The molecule has 2 atom stereocenters. The Bertz CT molecular complexity index is 595. The van der Waals surface area contributed by atoms with Crippen LogP contribution in [0.25, 0.3) is 0 Å². The van der Waals surface area contributed by atoms with Gasteiger partial charge in [0.05, 0.1) is 11.8 Å². The van der Waals surface area contributed by atoms with Crippen molar-refractivity contribution in [3.8, 4) is 11.5 Å². The van der Waals surface area contributed by atoms with Gasteiger partial charge in [0, 0.05) is 6.42 Å². The summed E-state index contributed by atoms with van der Waals surface area (Å²) in [7, 11) is 0. The topological polar surface area (TPSA) is 58.9 Å². The Morgan fingerprint density at radius 1 is 0.720 bits per heavy atom. The second-order valence-corrected chi connectivity index (χ2v) is 6.25. The molecule has 0 aliphatic carbocycles. The van der Waals surface area contributed by atoms with Crippen LogP contribution >= 0.6 is 23.2 Å². The van der Waals surface area contributed by atoms with E-state index in [1.165, 1.54) is 0 Å². The van der Waals surface area contributed by atoms with Crippen LogP contribution in [0.1, 0.15) is 11.1 Å². The summed E-state index contributed by atoms with van der Waals surface area (Å²) in [5.41, 5.74) is 1.94. The lowest BCUT2D eigenvalue weighted by molar-refractivity contribution is 0.124. The molecule has 0 aromatic heterocycles. The highest BCUT2D eigenvalue weighted by atomic mass is 35.5. The molecule has 0 saturated carbocycles. The molecule has 2 rings (SSSR count). The van der Waals surface area contributed by atoms with Crippen molar-refractivity contribution in [3.05, 3.63) is 59.7 Å². The molecule has 0 bridgehead atoms. The molecule has 2 unspecified atom stereocenters. The molecule has 2 aromatic rings. The molecule has 2 aromatic carbocycles. The fourth-order valence-electron chi connectivity index (χ4n) is 2.25. The van der Waals surface area contributed by atoms with Crippen molar-refractivity contribution < 1.29 is 19.7 Å². The van der Waals surface area contributed by atoms with Crippen molar-refractivity contribution in [2.45, 2.75) is 18.6 Å². The largest absolute Gasteiger partial charge is 0.491 e. The number of benzene rings is 2. The summed E-state index contributed by atoms with van der Waals surface area (Å²) in [5, 5.41) is 19.2. The van der Waals surface area contributed by atoms with Gasteiger partial charge in [-0.05, 0) is 23.3 Å². The first-order chi connectivity index (χ1) is 12.1. The van der Waals surface area contributed by atoms with Crippen LogP contribution < -0.4 is 9.47 Å². The van der Waals surface area contributed by atoms with Gasteiger partial charge in [0.2, 0.25) is 0 Å². The average molecular weight is 385 g/mol. The van der Waals surface area contributed by atoms with E-state index in [0.29, 0.717) is 17.9 Å². The van der Waals surface area contributed by atoms with E-state index in [2.05, 4.69) is 0 Å². The molecule has 0 saturated heterocycles. The standard InChI is InChI=1S/C19H22Cl2O4/c20-10-16(22)12-24-18-7-3-1-5-14(18)9-15-6-2-4-8-19(15)25-13-17(23)11-21/h1-8,16-17,22-23H,9-13H2. The van der Waals surface area contributed by atoms with Crippen LogP contribution in [0.15, 0.2) is 48.5 Å². The van der Waals surface area contributed by atoms with Crippen LogP contribution in [0.4, 0.5) is 0 Å². The Hall–Kier alpha value is -1.46. The minimum Gasteiger partial charge on any atom is -0.491 e. The molecule has 0 fully saturated rings. The maximum Gasteiger partial charge on any atom is 0.122 e. The monoisotopic (exact) mass is 384 g/mol. The molecular weight excluding hydrogens is 363 g/mol. The van der Waals surface area contributed by atoms with Crippen molar-refractivity contribution in [3.63, 3.8) is 0 Å². The predicted molar refractivity (Wildman–Crippen MR) is 100 cm³/mol. The molecule has 136 valence electrons. The van der Waals surface area contributed by atoms with Gasteiger partial charge in [-0.1, -0.05) is 36.4 Å². The number of alkyl halides is 2. The molecule has 25 heavy (non-hydrogen) atoms. The fourth-order valence-corrected chi connectivity index (χ4v) is 2.43. The zero-order valence-electron chi connectivity index (χ0n) is 13.8. The number of rotatable bonds is 10. The zero-order valence-corrected chi connectivity index (χ0v) is 15.3. The first-order valence-electron chi connectivity index (χ1n) is 8.03. The van der Waals surface area contributed by atoms with E-state index in [1.54, 1.807) is 0 Å². The van der Waals surface area contributed by atoms with E-state index in [9.17, 15) is 10.2 Å². The summed E-state index contributed by atoms with van der Waals surface area (Å²) in [5.74, 6) is 1.65. The number of halogens is 2. The van der Waals surface area contributed by atoms with Gasteiger partial charge < -0.3 is 19.7 Å². The lowest BCUT2D eigenvalue weighted by Gasteiger charge is -2.16. The third kappa shape index (κ3) is 6.40. The van der Waals surface area contributed by atoms with Crippen molar-refractivity contribution in [2.75, 3.05) is 25.0 Å². The lowest BCUT2D eigenvalue weighted by atomic mass is 10.0. The predicted octanol–water partition coefficient (Wildman–Crippen LogP) is 3.23. The van der Waals surface area contributed by atoms with E-state index in [-0.39, 0.29) is 25.0 Å². The minimum absolute atomic E-state index is 0.127. The van der Waals surface area contributed by atoms with Gasteiger partial charge in [-0.3, -0.25) is 0 Å². The number of hydrogen-bond acceptors (Lipinski definition) is 4. The van der Waals surface area contributed by atoms with Gasteiger partial charge in [0.15, 0.2) is 0 Å². The molecule has 2 N–H and O–H groups in total. The average Bonchev–Trinajstić information content (AvgIpc) is 2.66. The van der Waals surface area contributed by atoms with Gasteiger partial charge >= 0.3 is 0 Å². The fraction of sp³-hybridized carbons (Fsp3) is 0.368. The molecule has 6 heteroatoms. The number of aliphatic hydroxyl groups excluding tert-OH is 2. The van der Waals surface area contributed by atoms with Crippen molar-refractivity contribution in [2.24, 2.45) is 0 Å². The number of hydrogen-bond donors (Lipinski definition) is 2. The SMILES string of the molecule is OC(CCl)COc1ccccc1Cc1ccccc1OCC(O)CCl. The summed E-state index contributed by atoms with van der Waals surface area (Å²) in [6.45, 7) is 0.279. The molecule has 0 aliphatic rings. The summed E-state index contributed by atoms with van der Waals surface area (Å²) in [4.78, 5) is 0. The summed E-state index contributed by atoms with van der Waals surface area (Å²) in [6.07, 6.45) is -0.815. The van der Waals surface area contributed by atoms with Crippen LogP contribution in [-0.4, -0.2) is 47.4 Å². The van der Waals surface area contributed by atoms with Crippen LogP contribution in [0, 0.1) is 0 Å². The maximum absolute atomic E-state index is 9.58. The number of aliphatic hydroxyl groups is 2. The Kier molecular flexibility index (Phi) is 8.35. The van der Waals surface area contributed by atoms with Crippen LogP contribution in [0.3, 0.4) is 0 Å². The van der Waals surface area contributed by atoms with Crippen LogP contribution in [0.5, 0.6) is 11.5 Å². The normalized spacial score (nSPS) is 13.3. The van der Waals surface area contributed by atoms with Crippen molar-refractivity contribution in [1.29, 1.82) is 0 Å². The van der Waals surface area contributed by atoms with E-state index in [4.69, 9.17) is 32.7 Å². The van der Waals surface area contributed by atoms with Crippen molar-refractivity contribution >= 4 is 23.2 Å². The molecular formula is C19H22Cl2O4. The van der Waals surface area contributed by atoms with E-state index in [1.807, 2.05) is 48.5 Å². The minimum atomic E-state index is -0.706. The van der Waals surface area contributed by atoms with Gasteiger partial charge in [-0.25, -0.2) is 0 Å². The van der Waals surface area contributed by atoms with E-state index in [0.717, 1.165) is 11.1 Å². The molecule has 0 amide bonds. The van der Waals surface area contributed by atoms with Gasteiger partial charge in [-0.2, -0.15) is 0 Å². The number of ether oxygens (including phenoxy) is 2. The van der Waals surface area contributed by atoms with Crippen LogP contribution in [0.2, 0.25) is 0 Å². The Balaban J connectivity index is 2.11. The third-order valence-corrected chi connectivity index (χ3v) is 4.26. The Morgan fingerprint density at radius 2 is 1.12 bits per heavy atom.